The number of methoxy groups -OCH3 is 2. The molecule has 0 radical (unpaired) electrons. The van der Waals surface area contributed by atoms with E-state index < -0.39 is 11.5 Å². The number of carbonyl (C=O) groups is 1. The molecular weight excluding hydrogens is 286 g/mol. The number of carboxylic acid groups (broad SMARTS) is 1. The zero-order chi connectivity index (χ0) is 16.7. The summed E-state index contributed by atoms with van der Waals surface area (Å²) in [6.45, 7) is 5.52. The van der Waals surface area contributed by atoms with Crippen molar-refractivity contribution in [1.29, 1.82) is 0 Å². The SMILES string of the molecule is COc1cc2c(C(=O)O)cn(C(C)(C)C)c(=O)c2cc1OC. The zero-order valence-electron chi connectivity index (χ0n) is 13.3. The van der Waals surface area contributed by atoms with Crippen LogP contribution >= 0.6 is 0 Å². The molecule has 6 nitrogen and oxygen atoms in total. The van der Waals surface area contributed by atoms with E-state index in [1.807, 2.05) is 20.8 Å². The highest BCUT2D eigenvalue weighted by Gasteiger charge is 2.22. The Balaban J connectivity index is 3.01. The summed E-state index contributed by atoms with van der Waals surface area (Å²) >= 11 is 0. The molecule has 0 amide bonds. The standard InChI is InChI=1S/C16H19NO5/c1-16(2,3)17-8-11(15(19)20)9-6-12(21-4)13(22-5)7-10(9)14(17)18/h6-8H,1-5H3,(H,19,20). The Hall–Kier alpha value is -2.50. The van der Waals surface area contributed by atoms with Crippen molar-refractivity contribution in [3.05, 3.63) is 34.2 Å². The van der Waals surface area contributed by atoms with Crippen molar-refractivity contribution in [1.82, 2.24) is 4.57 Å². The van der Waals surface area contributed by atoms with Gasteiger partial charge >= 0.3 is 5.97 Å². The van der Waals surface area contributed by atoms with E-state index in [9.17, 15) is 14.7 Å². The van der Waals surface area contributed by atoms with Gasteiger partial charge in [-0.05, 0) is 32.9 Å². The van der Waals surface area contributed by atoms with Crippen LogP contribution < -0.4 is 15.0 Å². The molecule has 1 heterocycles. The van der Waals surface area contributed by atoms with Crippen LogP contribution in [0.5, 0.6) is 11.5 Å². The minimum atomic E-state index is -1.10. The Morgan fingerprint density at radius 1 is 1.09 bits per heavy atom. The lowest BCUT2D eigenvalue weighted by molar-refractivity contribution is 0.0697. The van der Waals surface area contributed by atoms with Gasteiger partial charge in [-0.2, -0.15) is 0 Å². The van der Waals surface area contributed by atoms with Gasteiger partial charge in [0.05, 0.1) is 25.2 Å². The number of nitrogens with zero attached hydrogens (tertiary/aromatic N) is 1. The Morgan fingerprint density at radius 2 is 1.59 bits per heavy atom. The highest BCUT2D eigenvalue weighted by atomic mass is 16.5. The molecule has 0 fully saturated rings. The van der Waals surface area contributed by atoms with Crippen LogP contribution in [-0.4, -0.2) is 29.9 Å². The number of hydrogen-bond donors (Lipinski definition) is 1. The van der Waals surface area contributed by atoms with Crippen molar-refractivity contribution in [2.24, 2.45) is 0 Å². The van der Waals surface area contributed by atoms with Gasteiger partial charge in [0, 0.05) is 17.1 Å². The van der Waals surface area contributed by atoms with Crippen LogP contribution in [0.15, 0.2) is 23.1 Å². The van der Waals surface area contributed by atoms with Crippen LogP contribution in [0.3, 0.4) is 0 Å². The molecule has 0 saturated heterocycles. The molecule has 0 atom stereocenters. The summed E-state index contributed by atoms with van der Waals surface area (Å²) in [5.74, 6) is -0.337. The minimum absolute atomic E-state index is 0.0467. The van der Waals surface area contributed by atoms with Gasteiger partial charge in [0.1, 0.15) is 0 Å². The third-order valence-corrected chi connectivity index (χ3v) is 3.47. The second kappa shape index (κ2) is 5.36. The minimum Gasteiger partial charge on any atom is -0.493 e. The van der Waals surface area contributed by atoms with Crippen LogP contribution in [0.2, 0.25) is 0 Å². The fourth-order valence-corrected chi connectivity index (χ4v) is 2.33. The molecule has 2 rings (SSSR count). The topological polar surface area (TPSA) is 77.8 Å². The van der Waals surface area contributed by atoms with Gasteiger partial charge in [-0.1, -0.05) is 0 Å². The molecule has 0 spiro atoms. The summed E-state index contributed by atoms with van der Waals surface area (Å²) in [6.07, 6.45) is 1.37. The molecule has 0 aliphatic rings. The highest BCUT2D eigenvalue weighted by Crippen LogP contribution is 2.32. The first-order valence-corrected chi connectivity index (χ1v) is 6.76. The Morgan fingerprint density at radius 3 is 2.00 bits per heavy atom. The zero-order valence-corrected chi connectivity index (χ0v) is 13.3. The normalized spacial score (nSPS) is 11.5. The van der Waals surface area contributed by atoms with E-state index in [0.29, 0.717) is 16.9 Å². The maximum absolute atomic E-state index is 12.7. The fraction of sp³-hybridized carbons (Fsp3) is 0.375. The van der Waals surface area contributed by atoms with E-state index >= 15 is 0 Å². The van der Waals surface area contributed by atoms with E-state index in [0.717, 1.165) is 0 Å². The van der Waals surface area contributed by atoms with Crippen molar-refractivity contribution < 1.29 is 19.4 Å². The molecule has 0 bridgehead atoms. The van der Waals surface area contributed by atoms with Crippen molar-refractivity contribution in [2.75, 3.05) is 14.2 Å². The maximum atomic E-state index is 12.7. The van der Waals surface area contributed by atoms with Gasteiger partial charge in [-0.15, -0.1) is 0 Å². The fourth-order valence-electron chi connectivity index (χ4n) is 2.33. The van der Waals surface area contributed by atoms with Gasteiger partial charge in [-0.25, -0.2) is 4.79 Å². The quantitative estimate of drug-likeness (QED) is 0.942. The predicted molar refractivity (Wildman–Crippen MR) is 83.3 cm³/mol. The summed E-state index contributed by atoms with van der Waals surface area (Å²) in [5.41, 5.74) is -0.762. The van der Waals surface area contributed by atoms with Gasteiger partial charge in [0.2, 0.25) is 0 Å². The number of carboxylic acids is 1. The monoisotopic (exact) mass is 305 g/mol. The number of aromatic nitrogens is 1. The maximum Gasteiger partial charge on any atom is 0.337 e. The largest absolute Gasteiger partial charge is 0.493 e. The molecule has 0 unspecified atom stereocenters. The number of ether oxygens (including phenoxy) is 2. The Bertz CT molecular complexity index is 799. The van der Waals surface area contributed by atoms with E-state index in [1.165, 1.54) is 37.1 Å². The Labute approximate surface area is 127 Å². The number of aromatic carboxylic acids is 1. The first-order valence-electron chi connectivity index (χ1n) is 6.76. The van der Waals surface area contributed by atoms with Crippen LogP contribution in [0.25, 0.3) is 10.8 Å². The van der Waals surface area contributed by atoms with Crippen LogP contribution in [-0.2, 0) is 5.54 Å². The Kier molecular flexibility index (Phi) is 3.87. The van der Waals surface area contributed by atoms with E-state index in [2.05, 4.69) is 0 Å². The van der Waals surface area contributed by atoms with E-state index in [1.54, 1.807) is 0 Å². The predicted octanol–water partition coefficient (Wildman–Crippen LogP) is 2.47. The average Bonchev–Trinajstić information content (AvgIpc) is 2.44. The molecular formula is C16H19NO5. The van der Waals surface area contributed by atoms with Crippen molar-refractivity contribution in [3.8, 4) is 11.5 Å². The van der Waals surface area contributed by atoms with E-state index in [4.69, 9.17) is 9.47 Å². The van der Waals surface area contributed by atoms with Crippen LogP contribution in [0.1, 0.15) is 31.1 Å². The lowest BCUT2D eigenvalue weighted by atomic mass is 10.0. The second-order valence-corrected chi connectivity index (χ2v) is 5.95. The third-order valence-electron chi connectivity index (χ3n) is 3.47. The number of pyridine rings is 1. The van der Waals surface area contributed by atoms with E-state index in [-0.39, 0.29) is 16.5 Å². The molecule has 6 heteroatoms. The third kappa shape index (κ3) is 2.52. The van der Waals surface area contributed by atoms with Crippen LogP contribution in [0, 0.1) is 0 Å². The van der Waals surface area contributed by atoms with Crippen LogP contribution in [0.4, 0.5) is 0 Å². The van der Waals surface area contributed by atoms with Gasteiger partial charge in [-0.3, -0.25) is 4.79 Å². The molecule has 0 aliphatic heterocycles. The van der Waals surface area contributed by atoms with Gasteiger partial charge in [0.25, 0.3) is 5.56 Å². The lowest BCUT2D eigenvalue weighted by Gasteiger charge is -2.24. The highest BCUT2D eigenvalue weighted by molar-refractivity contribution is 6.04. The second-order valence-electron chi connectivity index (χ2n) is 5.95. The number of rotatable bonds is 3. The first kappa shape index (κ1) is 15.9. The summed E-state index contributed by atoms with van der Waals surface area (Å²) in [4.78, 5) is 24.3. The molecule has 1 aromatic heterocycles. The molecule has 1 N–H and O–H groups in total. The van der Waals surface area contributed by atoms with Crippen molar-refractivity contribution in [2.45, 2.75) is 26.3 Å². The van der Waals surface area contributed by atoms with Gasteiger partial charge < -0.3 is 19.1 Å². The molecule has 22 heavy (non-hydrogen) atoms. The number of hydrogen-bond acceptors (Lipinski definition) is 4. The lowest BCUT2D eigenvalue weighted by Crippen LogP contribution is -2.34. The molecule has 0 saturated carbocycles. The smallest absolute Gasteiger partial charge is 0.337 e. The molecule has 118 valence electrons. The first-order chi connectivity index (χ1) is 10.2. The number of fused-ring (bicyclic) bond motifs is 1. The van der Waals surface area contributed by atoms with Crippen molar-refractivity contribution >= 4 is 16.7 Å². The number of benzene rings is 1. The summed E-state index contributed by atoms with van der Waals surface area (Å²) in [7, 11) is 2.92. The van der Waals surface area contributed by atoms with Gasteiger partial charge in [0.15, 0.2) is 11.5 Å². The molecule has 2 aromatic rings. The summed E-state index contributed by atoms with van der Waals surface area (Å²) < 4.78 is 11.8. The average molecular weight is 305 g/mol. The summed E-state index contributed by atoms with van der Waals surface area (Å²) in [6, 6.07) is 3.04. The molecule has 0 aliphatic carbocycles. The van der Waals surface area contributed by atoms with Crippen molar-refractivity contribution in [3.63, 3.8) is 0 Å². The molecule has 1 aromatic carbocycles. The summed E-state index contributed by atoms with van der Waals surface area (Å²) in [5, 5.41) is 10.1.